The third-order valence-electron chi connectivity index (χ3n) is 2.41. The highest BCUT2D eigenvalue weighted by atomic mass is 127. The smallest absolute Gasteiger partial charge is 0.133 e. The fourth-order valence-corrected chi connectivity index (χ4v) is 2.11. The van der Waals surface area contributed by atoms with Gasteiger partial charge in [-0.3, -0.25) is 0 Å². The number of anilines is 1. The topological polar surface area (TPSA) is 34.1 Å². The van der Waals surface area contributed by atoms with Crippen molar-refractivity contribution in [2.45, 2.75) is 13.5 Å². The Hall–Kier alpha value is -1.30. The molecule has 1 N–H and O–H groups in total. The van der Waals surface area contributed by atoms with Crippen molar-refractivity contribution in [3.8, 4) is 5.75 Å². The number of benzene rings is 1. The summed E-state index contributed by atoms with van der Waals surface area (Å²) in [5.41, 5.74) is 1.11. The van der Waals surface area contributed by atoms with E-state index in [2.05, 4.69) is 39.8 Å². The first kappa shape index (κ1) is 13.1. The van der Waals surface area contributed by atoms with Crippen LogP contribution in [-0.4, -0.2) is 11.5 Å². The van der Waals surface area contributed by atoms with Gasteiger partial charge in [0.2, 0.25) is 0 Å². The summed E-state index contributed by atoms with van der Waals surface area (Å²) in [6.07, 6.45) is 1.80. The zero-order chi connectivity index (χ0) is 12.8. The molecule has 2 aromatic rings. The van der Waals surface area contributed by atoms with Crippen LogP contribution in [0.15, 0.2) is 42.6 Å². The molecule has 0 unspecified atom stereocenters. The summed E-state index contributed by atoms with van der Waals surface area (Å²) < 4.78 is 6.91. The second kappa shape index (κ2) is 6.58. The number of pyridine rings is 1. The molecule has 0 aliphatic carbocycles. The normalized spacial score (nSPS) is 10.1. The minimum Gasteiger partial charge on any atom is -0.488 e. The van der Waals surface area contributed by atoms with Gasteiger partial charge in [0.15, 0.2) is 0 Å². The molecule has 0 atom stereocenters. The number of halogens is 1. The standard InChI is InChI=1S/C14H15IN2O/c1-2-16-14-9-11(7-8-17-14)10-18-13-6-4-3-5-12(13)15/h3-9H,2,10H2,1H3,(H,16,17). The summed E-state index contributed by atoms with van der Waals surface area (Å²) in [5, 5.41) is 3.19. The van der Waals surface area contributed by atoms with Crippen LogP contribution in [0.5, 0.6) is 5.75 Å². The molecule has 3 nitrogen and oxygen atoms in total. The molecular weight excluding hydrogens is 339 g/mol. The Morgan fingerprint density at radius 3 is 2.89 bits per heavy atom. The van der Waals surface area contributed by atoms with Gasteiger partial charge in [-0.15, -0.1) is 0 Å². The van der Waals surface area contributed by atoms with Crippen molar-refractivity contribution >= 4 is 28.4 Å². The van der Waals surface area contributed by atoms with E-state index < -0.39 is 0 Å². The van der Waals surface area contributed by atoms with E-state index in [1.807, 2.05) is 36.4 Å². The van der Waals surface area contributed by atoms with Crippen molar-refractivity contribution in [1.82, 2.24) is 4.98 Å². The maximum absolute atomic E-state index is 5.79. The van der Waals surface area contributed by atoms with Crippen LogP contribution in [0.25, 0.3) is 0 Å². The summed E-state index contributed by atoms with van der Waals surface area (Å²) in [5.74, 6) is 1.81. The van der Waals surface area contributed by atoms with E-state index in [0.29, 0.717) is 6.61 Å². The Morgan fingerprint density at radius 2 is 2.11 bits per heavy atom. The van der Waals surface area contributed by atoms with Gasteiger partial charge >= 0.3 is 0 Å². The number of aromatic nitrogens is 1. The molecule has 0 amide bonds. The van der Waals surface area contributed by atoms with E-state index in [-0.39, 0.29) is 0 Å². The number of nitrogens with zero attached hydrogens (tertiary/aromatic N) is 1. The van der Waals surface area contributed by atoms with Gasteiger partial charge in [-0.2, -0.15) is 0 Å². The van der Waals surface area contributed by atoms with Crippen LogP contribution in [0.2, 0.25) is 0 Å². The molecule has 1 heterocycles. The molecule has 1 aromatic carbocycles. The molecule has 0 fully saturated rings. The van der Waals surface area contributed by atoms with Gasteiger partial charge in [0.05, 0.1) is 3.57 Å². The van der Waals surface area contributed by atoms with E-state index in [0.717, 1.165) is 27.2 Å². The van der Waals surface area contributed by atoms with Crippen LogP contribution in [0, 0.1) is 3.57 Å². The van der Waals surface area contributed by atoms with Gasteiger partial charge in [0, 0.05) is 12.7 Å². The first-order valence-corrected chi connectivity index (χ1v) is 6.93. The van der Waals surface area contributed by atoms with Crippen molar-refractivity contribution in [3.05, 3.63) is 51.7 Å². The second-order valence-corrected chi connectivity index (χ2v) is 4.96. The van der Waals surface area contributed by atoms with Crippen LogP contribution in [0.3, 0.4) is 0 Å². The Balaban J connectivity index is 2.02. The Morgan fingerprint density at radius 1 is 1.28 bits per heavy atom. The minimum atomic E-state index is 0.556. The van der Waals surface area contributed by atoms with E-state index in [4.69, 9.17) is 4.74 Å². The van der Waals surface area contributed by atoms with Gasteiger partial charge in [0.25, 0.3) is 0 Å². The van der Waals surface area contributed by atoms with Crippen molar-refractivity contribution in [1.29, 1.82) is 0 Å². The van der Waals surface area contributed by atoms with E-state index >= 15 is 0 Å². The zero-order valence-electron chi connectivity index (χ0n) is 10.2. The summed E-state index contributed by atoms with van der Waals surface area (Å²) >= 11 is 2.27. The fourth-order valence-electron chi connectivity index (χ4n) is 1.56. The molecule has 94 valence electrons. The number of hydrogen-bond donors (Lipinski definition) is 1. The first-order chi connectivity index (χ1) is 8.79. The Bertz CT molecular complexity index is 517. The predicted molar refractivity (Wildman–Crippen MR) is 81.9 cm³/mol. The second-order valence-electron chi connectivity index (χ2n) is 3.80. The molecule has 0 aliphatic rings. The third-order valence-corrected chi connectivity index (χ3v) is 3.30. The van der Waals surface area contributed by atoms with Crippen molar-refractivity contribution < 1.29 is 4.74 Å². The highest BCUT2D eigenvalue weighted by Crippen LogP contribution is 2.21. The number of nitrogens with one attached hydrogen (secondary N) is 1. The van der Waals surface area contributed by atoms with Crippen LogP contribution in [0.4, 0.5) is 5.82 Å². The van der Waals surface area contributed by atoms with E-state index in [9.17, 15) is 0 Å². The first-order valence-electron chi connectivity index (χ1n) is 5.85. The highest BCUT2D eigenvalue weighted by Gasteiger charge is 2.01. The summed E-state index contributed by atoms with van der Waals surface area (Å²) in [7, 11) is 0. The SMILES string of the molecule is CCNc1cc(COc2ccccc2I)ccn1. The van der Waals surface area contributed by atoms with Crippen molar-refractivity contribution in [2.75, 3.05) is 11.9 Å². The molecule has 18 heavy (non-hydrogen) atoms. The van der Waals surface area contributed by atoms with E-state index in [1.165, 1.54) is 0 Å². The van der Waals surface area contributed by atoms with E-state index in [1.54, 1.807) is 6.20 Å². The molecule has 4 heteroatoms. The molecule has 0 aliphatic heterocycles. The maximum Gasteiger partial charge on any atom is 0.133 e. The van der Waals surface area contributed by atoms with Gasteiger partial charge in [0.1, 0.15) is 18.2 Å². The monoisotopic (exact) mass is 354 g/mol. The maximum atomic E-state index is 5.79. The van der Waals surface area contributed by atoms with Crippen LogP contribution < -0.4 is 10.1 Å². The summed E-state index contributed by atoms with van der Waals surface area (Å²) in [6, 6.07) is 12.0. The Labute approximate surface area is 121 Å². The number of rotatable bonds is 5. The molecule has 0 bridgehead atoms. The fraction of sp³-hybridized carbons (Fsp3) is 0.214. The largest absolute Gasteiger partial charge is 0.488 e. The predicted octanol–water partition coefficient (Wildman–Crippen LogP) is 3.70. The average molecular weight is 354 g/mol. The lowest BCUT2D eigenvalue weighted by molar-refractivity contribution is 0.304. The van der Waals surface area contributed by atoms with Gasteiger partial charge in [-0.05, 0) is 59.3 Å². The highest BCUT2D eigenvalue weighted by molar-refractivity contribution is 14.1. The quantitative estimate of drug-likeness (QED) is 0.832. The Kier molecular flexibility index (Phi) is 4.81. The molecule has 0 saturated carbocycles. The minimum absolute atomic E-state index is 0.556. The molecule has 2 rings (SSSR count). The molecule has 0 radical (unpaired) electrons. The third kappa shape index (κ3) is 3.60. The number of ether oxygens (including phenoxy) is 1. The lowest BCUT2D eigenvalue weighted by Crippen LogP contribution is -2.02. The van der Waals surface area contributed by atoms with Gasteiger partial charge in [-0.1, -0.05) is 12.1 Å². The average Bonchev–Trinajstić information content (AvgIpc) is 2.39. The van der Waals surface area contributed by atoms with Gasteiger partial charge < -0.3 is 10.1 Å². The molecule has 1 aromatic heterocycles. The molecule has 0 saturated heterocycles. The van der Waals surface area contributed by atoms with Gasteiger partial charge in [-0.25, -0.2) is 4.98 Å². The molecule has 0 spiro atoms. The zero-order valence-corrected chi connectivity index (χ0v) is 12.3. The molecular formula is C14H15IN2O. The lowest BCUT2D eigenvalue weighted by Gasteiger charge is -2.09. The summed E-state index contributed by atoms with van der Waals surface area (Å²) in [4.78, 5) is 4.23. The van der Waals surface area contributed by atoms with Crippen LogP contribution >= 0.6 is 22.6 Å². The van der Waals surface area contributed by atoms with Crippen molar-refractivity contribution in [3.63, 3.8) is 0 Å². The van der Waals surface area contributed by atoms with Crippen molar-refractivity contribution in [2.24, 2.45) is 0 Å². The number of hydrogen-bond acceptors (Lipinski definition) is 3. The van der Waals surface area contributed by atoms with Crippen LogP contribution in [-0.2, 0) is 6.61 Å². The van der Waals surface area contributed by atoms with Crippen LogP contribution in [0.1, 0.15) is 12.5 Å². The lowest BCUT2D eigenvalue weighted by atomic mass is 10.2. The number of para-hydroxylation sites is 1. The summed E-state index contributed by atoms with van der Waals surface area (Å²) in [6.45, 7) is 3.48.